The third kappa shape index (κ3) is 3.17. The van der Waals surface area contributed by atoms with Gasteiger partial charge in [-0.1, -0.05) is 18.2 Å². The number of pyridine rings is 1. The third-order valence-electron chi connectivity index (χ3n) is 2.90. The number of carbonyl (C=O) groups excluding carboxylic acids is 1. The van der Waals surface area contributed by atoms with Gasteiger partial charge in [-0.25, -0.2) is 4.98 Å². The van der Waals surface area contributed by atoms with Crippen molar-refractivity contribution >= 4 is 27.5 Å². The van der Waals surface area contributed by atoms with Crippen LogP contribution < -0.4 is 5.32 Å². The van der Waals surface area contributed by atoms with E-state index < -0.39 is 0 Å². The summed E-state index contributed by atoms with van der Waals surface area (Å²) in [6, 6.07) is 14.6. The maximum Gasteiger partial charge on any atom is 0.274 e. The smallest absolute Gasteiger partial charge is 0.274 e. The van der Waals surface area contributed by atoms with E-state index in [9.17, 15) is 4.79 Å². The molecule has 21 heavy (non-hydrogen) atoms. The quantitative estimate of drug-likeness (QED) is 0.715. The number of aromatic amines is 1. The zero-order valence-corrected chi connectivity index (χ0v) is 12.5. The average molecular weight is 343 g/mol. The second kappa shape index (κ2) is 5.88. The highest BCUT2D eigenvalue weighted by Crippen LogP contribution is 2.19. The van der Waals surface area contributed by atoms with E-state index in [0.29, 0.717) is 16.0 Å². The predicted octanol–water partition coefficient (Wildman–Crippen LogP) is 3.49. The van der Waals surface area contributed by atoms with E-state index in [2.05, 4.69) is 36.4 Å². The topological polar surface area (TPSA) is 70.7 Å². The number of nitrogens with zero attached hydrogens (tertiary/aromatic N) is 2. The molecular weight excluding hydrogens is 332 g/mol. The fourth-order valence-electron chi connectivity index (χ4n) is 1.88. The molecule has 0 aliphatic rings. The first-order valence-corrected chi connectivity index (χ1v) is 7.05. The van der Waals surface area contributed by atoms with E-state index in [1.54, 1.807) is 24.4 Å². The average Bonchev–Trinajstić information content (AvgIpc) is 3.02. The Balaban J connectivity index is 1.75. The van der Waals surface area contributed by atoms with E-state index in [1.165, 1.54) is 0 Å². The lowest BCUT2D eigenvalue weighted by Gasteiger charge is -2.06. The van der Waals surface area contributed by atoms with Gasteiger partial charge >= 0.3 is 0 Å². The SMILES string of the molecule is O=C(Nc1ccc(-c2ccn[nH]2)cc1)c1cccc(Br)n1. The number of halogens is 1. The maximum atomic E-state index is 12.1. The van der Waals surface area contributed by atoms with Crippen molar-refractivity contribution in [3.8, 4) is 11.3 Å². The summed E-state index contributed by atoms with van der Waals surface area (Å²) in [5.74, 6) is -0.245. The number of nitrogens with one attached hydrogen (secondary N) is 2. The van der Waals surface area contributed by atoms with Gasteiger partial charge in [-0.2, -0.15) is 5.10 Å². The fourth-order valence-corrected chi connectivity index (χ4v) is 2.22. The number of amides is 1. The van der Waals surface area contributed by atoms with Crippen LogP contribution in [0, 0.1) is 0 Å². The first-order valence-electron chi connectivity index (χ1n) is 6.26. The Morgan fingerprint density at radius 1 is 1.10 bits per heavy atom. The predicted molar refractivity (Wildman–Crippen MR) is 83.9 cm³/mol. The molecule has 0 bridgehead atoms. The highest BCUT2D eigenvalue weighted by atomic mass is 79.9. The molecule has 0 saturated heterocycles. The van der Waals surface area contributed by atoms with E-state index in [4.69, 9.17) is 0 Å². The number of benzene rings is 1. The van der Waals surface area contributed by atoms with Crippen LogP contribution in [0.3, 0.4) is 0 Å². The minimum Gasteiger partial charge on any atom is -0.321 e. The molecule has 0 fully saturated rings. The first kappa shape index (κ1) is 13.5. The Morgan fingerprint density at radius 2 is 1.90 bits per heavy atom. The molecule has 5 nitrogen and oxygen atoms in total. The number of rotatable bonds is 3. The Hall–Kier alpha value is -2.47. The Bertz CT molecular complexity index is 754. The summed E-state index contributed by atoms with van der Waals surface area (Å²) >= 11 is 3.25. The van der Waals surface area contributed by atoms with Gasteiger partial charge in [0.15, 0.2) is 0 Å². The van der Waals surface area contributed by atoms with Crippen LogP contribution in [0.1, 0.15) is 10.5 Å². The van der Waals surface area contributed by atoms with Crippen LogP contribution in [0.25, 0.3) is 11.3 Å². The molecular formula is C15H11BrN4O. The van der Waals surface area contributed by atoms with Crippen molar-refractivity contribution in [2.24, 2.45) is 0 Å². The van der Waals surface area contributed by atoms with Crippen LogP contribution in [-0.2, 0) is 0 Å². The van der Waals surface area contributed by atoms with Crippen molar-refractivity contribution in [2.75, 3.05) is 5.32 Å². The molecule has 0 unspecified atom stereocenters. The molecule has 1 aromatic carbocycles. The molecule has 3 aromatic rings. The van der Waals surface area contributed by atoms with Crippen molar-refractivity contribution in [2.45, 2.75) is 0 Å². The van der Waals surface area contributed by atoms with Crippen LogP contribution in [0.2, 0.25) is 0 Å². The van der Waals surface area contributed by atoms with Gasteiger partial charge in [0.05, 0.1) is 5.69 Å². The molecule has 1 amide bonds. The van der Waals surface area contributed by atoms with Gasteiger partial charge in [0.1, 0.15) is 10.3 Å². The molecule has 0 atom stereocenters. The van der Waals surface area contributed by atoms with E-state index in [1.807, 2.05) is 30.3 Å². The molecule has 0 spiro atoms. The van der Waals surface area contributed by atoms with Crippen LogP contribution in [-0.4, -0.2) is 21.1 Å². The van der Waals surface area contributed by atoms with Gasteiger partial charge in [-0.15, -0.1) is 0 Å². The standard InChI is InChI=1S/C15H11BrN4O/c16-14-3-1-2-13(19-14)15(21)18-11-6-4-10(5-7-11)12-8-9-17-20-12/h1-9H,(H,17,20)(H,18,21). The summed E-state index contributed by atoms with van der Waals surface area (Å²) in [5, 5.41) is 9.61. The third-order valence-corrected chi connectivity index (χ3v) is 3.34. The minimum atomic E-state index is -0.245. The van der Waals surface area contributed by atoms with Crippen molar-refractivity contribution in [1.29, 1.82) is 0 Å². The molecule has 6 heteroatoms. The second-order valence-electron chi connectivity index (χ2n) is 4.35. The van der Waals surface area contributed by atoms with E-state index in [-0.39, 0.29) is 5.91 Å². The molecule has 2 N–H and O–H groups in total. The van der Waals surface area contributed by atoms with Crippen molar-refractivity contribution in [1.82, 2.24) is 15.2 Å². The molecule has 0 aliphatic carbocycles. The lowest BCUT2D eigenvalue weighted by molar-refractivity contribution is 0.102. The molecule has 2 heterocycles. The Labute approximate surface area is 129 Å². The number of aromatic nitrogens is 3. The number of hydrogen-bond acceptors (Lipinski definition) is 3. The molecule has 0 aliphatic heterocycles. The molecule has 3 rings (SSSR count). The summed E-state index contributed by atoms with van der Waals surface area (Å²) < 4.78 is 0.629. The molecule has 0 saturated carbocycles. The monoisotopic (exact) mass is 342 g/mol. The van der Waals surface area contributed by atoms with Gasteiger partial charge in [-0.05, 0) is 51.8 Å². The lowest BCUT2D eigenvalue weighted by atomic mass is 10.1. The largest absolute Gasteiger partial charge is 0.321 e. The van der Waals surface area contributed by atoms with Crippen molar-refractivity contribution in [3.05, 3.63) is 65.0 Å². The summed E-state index contributed by atoms with van der Waals surface area (Å²) in [4.78, 5) is 16.2. The maximum absolute atomic E-state index is 12.1. The number of anilines is 1. The van der Waals surface area contributed by atoms with Crippen LogP contribution in [0.15, 0.2) is 59.3 Å². The molecule has 104 valence electrons. The van der Waals surface area contributed by atoms with Crippen molar-refractivity contribution in [3.63, 3.8) is 0 Å². The van der Waals surface area contributed by atoms with E-state index >= 15 is 0 Å². The summed E-state index contributed by atoms with van der Waals surface area (Å²) in [5.41, 5.74) is 3.01. The highest BCUT2D eigenvalue weighted by molar-refractivity contribution is 9.10. The lowest BCUT2D eigenvalue weighted by Crippen LogP contribution is -2.13. The molecule has 2 aromatic heterocycles. The van der Waals surface area contributed by atoms with Gasteiger partial charge in [-0.3, -0.25) is 9.89 Å². The van der Waals surface area contributed by atoms with Gasteiger partial charge in [0.2, 0.25) is 0 Å². The fraction of sp³-hybridized carbons (Fsp3) is 0. The second-order valence-corrected chi connectivity index (χ2v) is 5.16. The summed E-state index contributed by atoms with van der Waals surface area (Å²) in [7, 11) is 0. The number of hydrogen-bond donors (Lipinski definition) is 2. The highest BCUT2D eigenvalue weighted by Gasteiger charge is 2.08. The number of carbonyl (C=O) groups is 1. The minimum absolute atomic E-state index is 0.245. The van der Waals surface area contributed by atoms with E-state index in [0.717, 1.165) is 11.3 Å². The van der Waals surface area contributed by atoms with Crippen LogP contribution >= 0.6 is 15.9 Å². The molecule has 0 radical (unpaired) electrons. The summed E-state index contributed by atoms with van der Waals surface area (Å²) in [6.07, 6.45) is 1.70. The zero-order valence-electron chi connectivity index (χ0n) is 10.9. The zero-order chi connectivity index (χ0) is 14.7. The van der Waals surface area contributed by atoms with Crippen LogP contribution in [0.4, 0.5) is 5.69 Å². The van der Waals surface area contributed by atoms with Gasteiger partial charge in [0, 0.05) is 11.9 Å². The van der Waals surface area contributed by atoms with Crippen molar-refractivity contribution < 1.29 is 4.79 Å². The Kier molecular flexibility index (Phi) is 3.79. The Morgan fingerprint density at radius 3 is 2.57 bits per heavy atom. The van der Waals surface area contributed by atoms with Crippen LogP contribution in [0.5, 0.6) is 0 Å². The normalized spacial score (nSPS) is 10.3. The summed E-state index contributed by atoms with van der Waals surface area (Å²) in [6.45, 7) is 0. The number of H-pyrrole nitrogens is 1. The van der Waals surface area contributed by atoms with Gasteiger partial charge < -0.3 is 5.32 Å². The first-order chi connectivity index (χ1) is 10.2. The van der Waals surface area contributed by atoms with Gasteiger partial charge in [0.25, 0.3) is 5.91 Å².